The van der Waals surface area contributed by atoms with E-state index in [1.165, 1.54) is 5.69 Å². The third-order valence-electron chi connectivity index (χ3n) is 4.66. The molecule has 1 aromatic carbocycles. The Morgan fingerprint density at radius 2 is 1.96 bits per heavy atom. The molecule has 3 aromatic heterocycles. The van der Waals surface area contributed by atoms with Gasteiger partial charge in [0.25, 0.3) is 5.65 Å². The Bertz CT molecular complexity index is 1140. The number of fused-ring (bicyclic) bond motifs is 1. The molecule has 0 fully saturated rings. The van der Waals surface area contributed by atoms with Gasteiger partial charge in [-0.05, 0) is 23.8 Å². The van der Waals surface area contributed by atoms with E-state index in [0.717, 1.165) is 33.6 Å². The summed E-state index contributed by atoms with van der Waals surface area (Å²) in [5, 5.41) is 0.679. The predicted octanol–water partition coefficient (Wildman–Crippen LogP) is 5.10. The van der Waals surface area contributed by atoms with E-state index in [1.807, 2.05) is 30.5 Å². The van der Waals surface area contributed by atoms with Crippen LogP contribution in [0.4, 0.5) is 0 Å². The van der Waals surface area contributed by atoms with Gasteiger partial charge in [-0.25, -0.2) is 4.57 Å². The number of hydrogen-bond donors (Lipinski definition) is 0. The van der Waals surface area contributed by atoms with E-state index < -0.39 is 0 Å². The molecule has 4 rings (SSSR count). The molecular weight excluding hydrogens is 342 g/mol. The van der Waals surface area contributed by atoms with Crippen molar-refractivity contribution in [3.8, 4) is 22.4 Å². The highest BCUT2D eigenvalue weighted by molar-refractivity contribution is 6.32. The molecule has 0 atom stereocenters. The van der Waals surface area contributed by atoms with Crippen molar-refractivity contribution in [1.29, 1.82) is 0 Å². The second kappa shape index (κ2) is 6.43. The van der Waals surface area contributed by atoms with Crippen molar-refractivity contribution in [1.82, 2.24) is 9.38 Å². The van der Waals surface area contributed by atoms with Gasteiger partial charge in [-0.2, -0.15) is 4.40 Å². The Hall–Kier alpha value is -2.91. The SMILES string of the molecule is C=Cc1ccc(-c2ncccc2-c2ccc3n(c2)c(C)c[n+]3C)cc1Cl. The van der Waals surface area contributed by atoms with Gasteiger partial charge < -0.3 is 0 Å². The number of benzene rings is 1. The van der Waals surface area contributed by atoms with Crippen LogP contribution in [-0.4, -0.2) is 9.38 Å². The molecule has 0 aliphatic carbocycles. The molecule has 128 valence electrons. The van der Waals surface area contributed by atoms with E-state index in [0.29, 0.717) is 5.02 Å². The lowest BCUT2D eigenvalue weighted by Crippen LogP contribution is -2.25. The topological polar surface area (TPSA) is 21.2 Å². The van der Waals surface area contributed by atoms with E-state index in [-0.39, 0.29) is 0 Å². The number of pyridine rings is 2. The molecule has 4 aromatic rings. The molecule has 0 spiro atoms. The normalized spacial score (nSPS) is 11.0. The smallest absolute Gasteiger partial charge is 0.256 e. The lowest BCUT2D eigenvalue weighted by atomic mass is 9.99. The average molecular weight is 361 g/mol. The van der Waals surface area contributed by atoms with Crippen LogP contribution in [0.25, 0.3) is 34.1 Å². The van der Waals surface area contributed by atoms with Gasteiger partial charge in [-0.1, -0.05) is 42.5 Å². The lowest BCUT2D eigenvalue weighted by Gasteiger charge is -2.10. The van der Waals surface area contributed by atoms with Crippen molar-refractivity contribution >= 4 is 23.3 Å². The number of halogens is 1. The number of imidazole rings is 1. The summed E-state index contributed by atoms with van der Waals surface area (Å²) in [6.45, 7) is 5.90. The molecule has 26 heavy (non-hydrogen) atoms. The van der Waals surface area contributed by atoms with Crippen LogP contribution in [-0.2, 0) is 7.05 Å². The third-order valence-corrected chi connectivity index (χ3v) is 4.99. The maximum absolute atomic E-state index is 6.37. The zero-order valence-electron chi connectivity index (χ0n) is 14.8. The molecule has 3 heterocycles. The van der Waals surface area contributed by atoms with Crippen molar-refractivity contribution in [2.75, 3.05) is 0 Å². The first kappa shape index (κ1) is 16.6. The Morgan fingerprint density at radius 1 is 1.15 bits per heavy atom. The van der Waals surface area contributed by atoms with Crippen molar-refractivity contribution in [3.05, 3.63) is 83.9 Å². The second-order valence-electron chi connectivity index (χ2n) is 6.37. The maximum atomic E-state index is 6.37. The Morgan fingerprint density at radius 3 is 2.73 bits per heavy atom. The van der Waals surface area contributed by atoms with E-state index >= 15 is 0 Å². The van der Waals surface area contributed by atoms with Gasteiger partial charge in [0.2, 0.25) is 0 Å². The summed E-state index contributed by atoms with van der Waals surface area (Å²) in [4.78, 5) is 4.63. The number of aromatic nitrogens is 3. The van der Waals surface area contributed by atoms with Gasteiger partial charge in [0.15, 0.2) is 0 Å². The molecule has 0 N–H and O–H groups in total. The zero-order valence-corrected chi connectivity index (χ0v) is 15.5. The fourth-order valence-electron chi connectivity index (χ4n) is 3.34. The minimum atomic E-state index is 0.679. The Balaban J connectivity index is 1.90. The molecule has 0 unspecified atom stereocenters. The van der Waals surface area contributed by atoms with E-state index in [2.05, 4.69) is 65.1 Å². The lowest BCUT2D eigenvalue weighted by molar-refractivity contribution is -0.644. The highest BCUT2D eigenvalue weighted by Gasteiger charge is 2.15. The summed E-state index contributed by atoms with van der Waals surface area (Å²) in [5.41, 5.74) is 7.36. The van der Waals surface area contributed by atoms with E-state index in [4.69, 9.17) is 11.6 Å². The quantitative estimate of drug-likeness (QED) is 0.466. The second-order valence-corrected chi connectivity index (χ2v) is 6.77. The summed E-state index contributed by atoms with van der Waals surface area (Å²) < 4.78 is 4.32. The van der Waals surface area contributed by atoms with Crippen molar-refractivity contribution in [3.63, 3.8) is 0 Å². The summed E-state index contributed by atoms with van der Waals surface area (Å²) in [7, 11) is 2.06. The molecule has 0 saturated carbocycles. The largest absolute Gasteiger partial charge is 0.286 e. The van der Waals surface area contributed by atoms with Crippen LogP contribution in [0.1, 0.15) is 11.3 Å². The highest BCUT2D eigenvalue weighted by Crippen LogP contribution is 2.32. The van der Waals surface area contributed by atoms with Crippen LogP contribution < -0.4 is 4.57 Å². The van der Waals surface area contributed by atoms with Crippen LogP contribution in [0.15, 0.2) is 67.6 Å². The monoisotopic (exact) mass is 360 g/mol. The van der Waals surface area contributed by atoms with Crippen molar-refractivity contribution < 1.29 is 4.57 Å². The highest BCUT2D eigenvalue weighted by atomic mass is 35.5. The molecule has 0 saturated heterocycles. The van der Waals surface area contributed by atoms with Crippen LogP contribution in [0, 0.1) is 6.92 Å². The first-order valence-electron chi connectivity index (χ1n) is 8.43. The van der Waals surface area contributed by atoms with Gasteiger partial charge in [0, 0.05) is 40.9 Å². The summed E-state index contributed by atoms with van der Waals surface area (Å²) in [5.74, 6) is 0. The van der Waals surface area contributed by atoms with Crippen LogP contribution >= 0.6 is 11.6 Å². The molecule has 3 nitrogen and oxygen atoms in total. The molecule has 0 aliphatic heterocycles. The Labute approximate surface area is 157 Å². The predicted molar refractivity (Wildman–Crippen MR) is 107 cm³/mol. The number of rotatable bonds is 3. The first-order chi connectivity index (χ1) is 12.6. The van der Waals surface area contributed by atoms with E-state index in [1.54, 1.807) is 6.08 Å². The van der Waals surface area contributed by atoms with E-state index in [9.17, 15) is 0 Å². The molecule has 0 amide bonds. The fraction of sp³-hybridized carbons (Fsp3) is 0.0909. The third kappa shape index (κ3) is 2.71. The van der Waals surface area contributed by atoms with Crippen LogP contribution in [0.3, 0.4) is 0 Å². The van der Waals surface area contributed by atoms with Crippen molar-refractivity contribution in [2.45, 2.75) is 6.92 Å². The standard InChI is InChI=1S/C22H19ClN3/c1-4-16-7-8-17(12-20(16)23)22-19(6-5-11-24-22)18-9-10-21-25(3)13-15(2)26(21)14-18/h4-14H,1H2,2-3H3/q+1. The molecule has 0 bridgehead atoms. The molecular formula is C22H19ClN3+. The average Bonchev–Trinajstić information content (AvgIpc) is 2.95. The summed E-state index contributed by atoms with van der Waals surface area (Å²) in [6.07, 6.45) is 7.85. The minimum Gasteiger partial charge on any atom is -0.256 e. The van der Waals surface area contributed by atoms with Gasteiger partial charge in [-0.3, -0.25) is 4.98 Å². The number of hydrogen-bond acceptors (Lipinski definition) is 1. The van der Waals surface area contributed by atoms with Gasteiger partial charge in [-0.15, -0.1) is 0 Å². The van der Waals surface area contributed by atoms with Crippen LogP contribution in [0.5, 0.6) is 0 Å². The fourth-order valence-corrected chi connectivity index (χ4v) is 3.60. The summed E-state index contributed by atoms with van der Waals surface area (Å²) in [6, 6.07) is 14.3. The number of aryl methyl sites for hydroxylation is 2. The summed E-state index contributed by atoms with van der Waals surface area (Å²) >= 11 is 6.37. The maximum Gasteiger partial charge on any atom is 0.286 e. The van der Waals surface area contributed by atoms with Crippen molar-refractivity contribution in [2.24, 2.45) is 7.05 Å². The van der Waals surface area contributed by atoms with Gasteiger partial charge in [0.05, 0.1) is 12.7 Å². The Kier molecular flexibility index (Phi) is 4.09. The minimum absolute atomic E-state index is 0.679. The molecule has 0 aliphatic rings. The molecule has 4 heteroatoms. The molecule has 0 radical (unpaired) electrons. The van der Waals surface area contributed by atoms with Gasteiger partial charge in [0.1, 0.15) is 18.1 Å². The van der Waals surface area contributed by atoms with Crippen LogP contribution in [0.2, 0.25) is 5.02 Å². The first-order valence-corrected chi connectivity index (χ1v) is 8.81. The zero-order chi connectivity index (χ0) is 18.3. The number of nitrogens with zero attached hydrogens (tertiary/aromatic N) is 3. The van der Waals surface area contributed by atoms with Gasteiger partial charge >= 0.3 is 0 Å².